The molecule has 1 aliphatic rings. The fourth-order valence-corrected chi connectivity index (χ4v) is 2.45. The van der Waals surface area contributed by atoms with Crippen LogP contribution in [-0.2, 0) is 4.79 Å². The molecule has 1 aliphatic heterocycles. The molecule has 2 heterocycles. The van der Waals surface area contributed by atoms with Gasteiger partial charge in [0.05, 0.1) is 5.71 Å². The number of amides is 1. The van der Waals surface area contributed by atoms with E-state index in [1.807, 2.05) is 36.8 Å². The Kier molecular flexibility index (Phi) is 3.87. The highest BCUT2D eigenvalue weighted by molar-refractivity contribution is 6.03. The van der Waals surface area contributed by atoms with Crippen molar-refractivity contribution in [2.24, 2.45) is 11.0 Å². The zero-order chi connectivity index (χ0) is 15.5. The highest BCUT2D eigenvalue weighted by Crippen LogP contribution is 2.15. The molecule has 1 unspecified atom stereocenters. The first kappa shape index (κ1) is 14.3. The van der Waals surface area contributed by atoms with E-state index in [1.54, 1.807) is 6.20 Å². The van der Waals surface area contributed by atoms with Crippen LogP contribution < -0.4 is 5.43 Å². The summed E-state index contributed by atoms with van der Waals surface area (Å²) in [6, 6.07) is 8.22. The van der Waals surface area contributed by atoms with Crippen molar-refractivity contribution in [3.05, 3.63) is 54.1 Å². The lowest BCUT2D eigenvalue weighted by Gasteiger charge is -2.16. The Morgan fingerprint density at radius 3 is 2.68 bits per heavy atom. The normalized spacial score (nSPS) is 18.4. The summed E-state index contributed by atoms with van der Waals surface area (Å²) in [7, 11) is 0. The van der Waals surface area contributed by atoms with Gasteiger partial charge in [-0.1, -0.05) is 25.1 Å². The molecule has 0 spiro atoms. The molecule has 22 heavy (non-hydrogen) atoms. The number of hydrogen-bond acceptors (Lipinski definition) is 3. The molecule has 2 aromatic rings. The fourth-order valence-electron chi connectivity index (χ4n) is 2.45. The number of aromatic nitrogens is 2. The van der Waals surface area contributed by atoms with Crippen LogP contribution in [-0.4, -0.2) is 21.2 Å². The third-order valence-electron chi connectivity index (χ3n) is 3.75. The molecule has 0 fully saturated rings. The molecule has 5 heteroatoms. The van der Waals surface area contributed by atoms with Crippen molar-refractivity contribution in [2.45, 2.75) is 20.3 Å². The lowest BCUT2D eigenvalue weighted by molar-refractivity contribution is -0.121. The summed E-state index contributed by atoms with van der Waals surface area (Å²) < 4.78 is 2.04. The van der Waals surface area contributed by atoms with E-state index in [0.29, 0.717) is 6.42 Å². The monoisotopic (exact) mass is 294 g/mol. The van der Waals surface area contributed by atoms with E-state index in [-0.39, 0.29) is 11.8 Å². The van der Waals surface area contributed by atoms with Crippen LogP contribution in [0.5, 0.6) is 0 Å². The van der Waals surface area contributed by atoms with Gasteiger partial charge in [-0.05, 0) is 30.7 Å². The topological polar surface area (TPSA) is 59.3 Å². The summed E-state index contributed by atoms with van der Waals surface area (Å²) >= 11 is 0. The second-order valence-electron chi connectivity index (χ2n) is 5.45. The van der Waals surface area contributed by atoms with Gasteiger partial charge in [-0.3, -0.25) is 4.79 Å². The Hall–Kier alpha value is -2.69. The standard InChI is InChI=1S/C17H18N4O/c1-12-11-17(22)20-19-16(12)8-5-14-3-6-15(7-4-14)21-10-9-18-13(21)2/h3-10,12H,11H2,1-2H3,(H,20,22)/b8-5+. The van der Waals surface area contributed by atoms with Gasteiger partial charge in [0.15, 0.2) is 0 Å². The molecule has 1 amide bonds. The predicted molar refractivity (Wildman–Crippen MR) is 86.7 cm³/mol. The summed E-state index contributed by atoms with van der Waals surface area (Å²) in [6.45, 7) is 3.98. The number of hydrogen-bond donors (Lipinski definition) is 1. The molecule has 0 radical (unpaired) electrons. The van der Waals surface area contributed by atoms with Gasteiger partial charge in [0.25, 0.3) is 0 Å². The van der Waals surface area contributed by atoms with Crippen LogP contribution in [0.3, 0.4) is 0 Å². The van der Waals surface area contributed by atoms with Crippen LogP contribution in [0.1, 0.15) is 24.7 Å². The maximum atomic E-state index is 11.2. The van der Waals surface area contributed by atoms with Crippen LogP contribution in [0.2, 0.25) is 0 Å². The molecule has 1 N–H and O–H groups in total. The van der Waals surface area contributed by atoms with E-state index < -0.39 is 0 Å². The van der Waals surface area contributed by atoms with Gasteiger partial charge < -0.3 is 4.57 Å². The van der Waals surface area contributed by atoms with Crippen LogP contribution in [0, 0.1) is 12.8 Å². The number of rotatable bonds is 3. The number of nitrogens with zero attached hydrogens (tertiary/aromatic N) is 3. The van der Waals surface area contributed by atoms with Gasteiger partial charge in [0.1, 0.15) is 5.82 Å². The van der Waals surface area contributed by atoms with Gasteiger partial charge in [-0.25, -0.2) is 10.4 Å². The lowest BCUT2D eigenvalue weighted by Crippen LogP contribution is -2.30. The molecule has 0 bridgehead atoms. The highest BCUT2D eigenvalue weighted by atomic mass is 16.2. The zero-order valence-electron chi connectivity index (χ0n) is 12.7. The number of carbonyl (C=O) groups is 1. The molecule has 0 saturated carbocycles. The molecule has 3 rings (SSSR count). The van der Waals surface area contributed by atoms with Gasteiger partial charge in [0, 0.05) is 30.4 Å². The molecule has 0 saturated heterocycles. The Morgan fingerprint density at radius 2 is 2.05 bits per heavy atom. The number of carbonyl (C=O) groups excluding carboxylic acids is 1. The molecule has 1 aromatic heterocycles. The van der Waals surface area contributed by atoms with E-state index in [2.05, 4.69) is 39.8 Å². The smallest absolute Gasteiger partial charge is 0.240 e. The molecule has 5 nitrogen and oxygen atoms in total. The van der Waals surface area contributed by atoms with Crippen molar-refractivity contribution in [1.82, 2.24) is 15.0 Å². The lowest BCUT2D eigenvalue weighted by atomic mass is 9.99. The third kappa shape index (κ3) is 2.98. The first-order valence-electron chi connectivity index (χ1n) is 7.28. The number of allylic oxidation sites excluding steroid dienone is 1. The Labute approximate surface area is 129 Å². The predicted octanol–water partition coefficient (Wildman–Crippen LogP) is 2.71. The largest absolute Gasteiger partial charge is 0.304 e. The quantitative estimate of drug-likeness (QED) is 0.946. The van der Waals surface area contributed by atoms with E-state index in [9.17, 15) is 4.79 Å². The number of imidazole rings is 1. The van der Waals surface area contributed by atoms with E-state index in [1.165, 1.54) is 0 Å². The molecule has 112 valence electrons. The van der Waals surface area contributed by atoms with Gasteiger partial charge >= 0.3 is 0 Å². The Balaban J connectivity index is 1.75. The number of benzene rings is 1. The average molecular weight is 294 g/mol. The average Bonchev–Trinajstić information content (AvgIpc) is 2.93. The summed E-state index contributed by atoms with van der Waals surface area (Å²) in [4.78, 5) is 15.4. The van der Waals surface area contributed by atoms with Gasteiger partial charge in [-0.15, -0.1) is 0 Å². The van der Waals surface area contributed by atoms with E-state index in [0.717, 1.165) is 22.8 Å². The van der Waals surface area contributed by atoms with Crippen molar-refractivity contribution in [3.8, 4) is 5.69 Å². The minimum atomic E-state index is -0.0234. The SMILES string of the molecule is Cc1nccn1-c1ccc(/C=C/C2=NNC(=O)CC2C)cc1. The van der Waals surface area contributed by atoms with Gasteiger partial charge in [-0.2, -0.15) is 5.10 Å². The number of aryl methyl sites for hydroxylation is 1. The Bertz CT molecular complexity index is 740. The van der Waals surface area contributed by atoms with Crippen molar-refractivity contribution in [1.29, 1.82) is 0 Å². The summed E-state index contributed by atoms with van der Waals surface area (Å²) in [6.07, 6.45) is 8.20. The zero-order valence-corrected chi connectivity index (χ0v) is 12.7. The minimum absolute atomic E-state index is 0.0234. The first-order valence-corrected chi connectivity index (χ1v) is 7.28. The number of hydrazone groups is 1. The van der Waals surface area contributed by atoms with Gasteiger partial charge in [0.2, 0.25) is 5.91 Å². The van der Waals surface area contributed by atoms with Crippen LogP contribution in [0.25, 0.3) is 11.8 Å². The highest BCUT2D eigenvalue weighted by Gasteiger charge is 2.17. The molecule has 0 aliphatic carbocycles. The second-order valence-corrected chi connectivity index (χ2v) is 5.45. The second kappa shape index (κ2) is 5.97. The first-order chi connectivity index (χ1) is 10.6. The van der Waals surface area contributed by atoms with Crippen molar-refractivity contribution >= 4 is 17.7 Å². The molecule has 1 aromatic carbocycles. The van der Waals surface area contributed by atoms with Crippen molar-refractivity contribution in [2.75, 3.05) is 0 Å². The van der Waals surface area contributed by atoms with E-state index in [4.69, 9.17) is 0 Å². The van der Waals surface area contributed by atoms with E-state index >= 15 is 0 Å². The third-order valence-corrected chi connectivity index (χ3v) is 3.75. The van der Waals surface area contributed by atoms with Crippen molar-refractivity contribution in [3.63, 3.8) is 0 Å². The van der Waals surface area contributed by atoms with Crippen molar-refractivity contribution < 1.29 is 4.79 Å². The molecular weight excluding hydrogens is 276 g/mol. The summed E-state index contributed by atoms with van der Waals surface area (Å²) in [5.41, 5.74) is 5.59. The maximum Gasteiger partial charge on any atom is 0.240 e. The van der Waals surface area contributed by atoms with Crippen LogP contribution in [0.15, 0.2) is 47.8 Å². The molecule has 1 atom stereocenters. The Morgan fingerprint density at radius 1 is 1.27 bits per heavy atom. The van der Waals surface area contributed by atoms with Crippen LogP contribution >= 0.6 is 0 Å². The summed E-state index contributed by atoms with van der Waals surface area (Å²) in [5, 5.41) is 4.09. The fraction of sp³-hybridized carbons (Fsp3) is 0.235. The number of nitrogens with one attached hydrogen (secondary N) is 1. The minimum Gasteiger partial charge on any atom is -0.304 e. The summed E-state index contributed by atoms with van der Waals surface area (Å²) in [5.74, 6) is 1.09. The maximum absolute atomic E-state index is 11.2. The van der Waals surface area contributed by atoms with Crippen LogP contribution in [0.4, 0.5) is 0 Å². The molecular formula is C17H18N4O.